The molecular weight excluding hydrogens is 225 g/mol. The van der Waals surface area contributed by atoms with E-state index in [0.717, 1.165) is 24.0 Å². The molecule has 17 heavy (non-hydrogen) atoms. The van der Waals surface area contributed by atoms with Crippen molar-refractivity contribution in [2.24, 2.45) is 5.92 Å². The van der Waals surface area contributed by atoms with E-state index in [2.05, 4.69) is 6.58 Å². The third kappa shape index (κ3) is 4.21. The van der Waals surface area contributed by atoms with Crippen LogP contribution in [0.1, 0.15) is 53.4 Å². The summed E-state index contributed by atoms with van der Waals surface area (Å²) in [6, 6.07) is 0. The third-order valence-electron chi connectivity index (χ3n) is 3.17. The lowest BCUT2D eigenvalue weighted by atomic mass is 9.80. The molecule has 0 saturated heterocycles. The zero-order valence-corrected chi connectivity index (χ0v) is 11.2. The van der Waals surface area contributed by atoms with Crippen molar-refractivity contribution in [2.75, 3.05) is 0 Å². The smallest absolute Gasteiger partial charge is 0.170 e. The van der Waals surface area contributed by atoms with Gasteiger partial charge in [0.25, 0.3) is 0 Å². The van der Waals surface area contributed by atoms with E-state index >= 15 is 0 Å². The lowest BCUT2D eigenvalue weighted by Crippen LogP contribution is -2.27. The summed E-state index contributed by atoms with van der Waals surface area (Å²) in [5, 5.41) is 0. The summed E-state index contributed by atoms with van der Waals surface area (Å²) in [6.45, 7) is 11.4. The highest BCUT2D eigenvalue weighted by Gasteiger charge is 2.42. The molecule has 0 amide bonds. The van der Waals surface area contributed by atoms with Crippen molar-refractivity contribution >= 4 is 0 Å². The molecule has 0 heterocycles. The first-order valence-electron chi connectivity index (χ1n) is 6.32. The van der Waals surface area contributed by atoms with Crippen LogP contribution < -0.4 is 0 Å². The molecular formula is C14H23F3. The molecule has 1 atom stereocenters. The Kier molecular flexibility index (Phi) is 6.58. The Morgan fingerprint density at radius 3 is 2.29 bits per heavy atom. The number of allylic oxidation sites excluding steroid dienone is 3. The van der Waals surface area contributed by atoms with Gasteiger partial charge < -0.3 is 0 Å². The molecule has 0 N–H and O–H groups in total. The third-order valence-corrected chi connectivity index (χ3v) is 3.17. The first-order chi connectivity index (χ1) is 7.88. The number of rotatable bonds is 2. The number of hydrogen-bond donors (Lipinski definition) is 0. The van der Waals surface area contributed by atoms with Crippen LogP contribution in [0, 0.1) is 5.92 Å². The van der Waals surface area contributed by atoms with Crippen molar-refractivity contribution in [2.45, 2.75) is 59.6 Å². The maximum absolute atomic E-state index is 12.7. The second kappa shape index (κ2) is 6.87. The van der Waals surface area contributed by atoms with Gasteiger partial charge in [0.2, 0.25) is 0 Å². The first-order valence-corrected chi connectivity index (χ1v) is 6.32. The summed E-state index contributed by atoms with van der Waals surface area (Å²) in [5.41, 5.74) is 2.20. The van der Waals surface area contributed by atoms with Gasteiger partial charge in [0.15, 0.2) is 0 Å². The standard InChI is InChI=1S/C12H17F3.C2H6/c1-4-8(2)10-6-5-7-11(9(10)3)12(13,14)15;1-2/h11H,2,4-7H2,1,3H3;1-2H3. The lowest BCUT2D eigenvalue weighted by Gasteiger charge is -2.29. The average molecular weight is 248 g/mol. The van der Waals surface area contributed by atoms with Crippen LogP contribution in [-0.2, 0) is 0 Å². The van der Waals surface area contributed by atoms with Crippen LogP contribution in [-0.4, -0.2) is 6.18 Å². The summed E-state index contributed by atoms with van der Waals surface area (Å²) in [5.74, 6) is -1.25. The van der Waals surface area contributed by atoms with Gasteiger partial charge >= 0.3 is 6.18 Å². The Labute approximate surface area is 103 Å². The quantitative estimate of drug-likeness (QED) is 0.591. The molecule has 0 fully saturated rings. The summed E-state index contributed by atoms with van der Waals surface area (Å²) in [6.07, 6.45) is -1.75. The van der Waals surface area contributed by atoms with Gasteiger partial charge in [-0.3, -0.25) is 0 Å². The maximum Gasteiger partial charge on any atom is 0.395 e. The van der Waals surface area contributed by atoms with Gasteiger partial charge in [0.05, 0.1) is 5.92 Å². The van der Waals surface area contributed by atoms with Crippen LogP contribution in [0.25, 0.3) is 0 Å². The van der Waals surface area contributed by atoms with E-state index in [9.17, 15) is 13.2 Å². The molecule has 0 bridgehead atoms. The van der Waals surface area contributed by atoms with Crippen molar-refractivity contribution in [3.63, 3.8) is 0 Å². The van der Waals surface area contributed by atoms with Crippen LogP contribution in [0.3, 0.4) is 0 Å². The number of halogens is 3. The molecule has 1 rings (SSSR count). The molecule has 100 valence electrons. The highest BCUT2D eigenvalue weighted by atomic mass is 19.4. The van der Waals surface area contributed by atoms with Crippen molar-refractivity contribution in [1.29, 1.82) is 0 Å². The van der Waals surface area contributed by atoms with Crippen LogP contribution in [0.5, 0.6) is 0 Å². The SMILES string of the molecule is C=C(CC)C1=C(C)C(C(F)(F)F)CCC1.CC. The van der Waals surface area contributed by atoms with Crippen LogP contribution in [0.2, 0.25) is 0 Å². The zero-order chi connectivity index (χ0) is 13.6. The predicted octanol–water partition coefficient (Wildman–Crippen LogP) is 5.66. The fraction of sp³-hybridized carbons (Fsp3) is 0.714. The molecule has 3 heteroatoms. The molecule has 1 unspecified atom stereocenters. The Morgan fingerprint density at radius 2 is 1.88 bits per heavy atom. The van der Waals surface area contributed by atoms with E-state index in [0.29, 0.717) is 12.0 Å². The van der Waals surface area contributed by atoms with E-state index in [-0.39, 0.29) is 6.42 Å². The van der Waals surface area contributed by atoms with Crippen molar-refractivity contribution in [3.8, 4) is 0 Å². The number of hydrogen-bond acceptors (Lipinski definition) is 0. The molecule has 1 aliphatic carbocycles. The van der Waals surface area contributed by atoms with Crippen LogP contribution in [0.4, 0.5) is 13.2 Å². The fourth-order valence-electron chi connectivity index (χ4n) is 2.19. The molecule has 0 aromatic heterocycles. The fourth-order valence-corrected chi connectivity index (χ4v) is 2.19. The van der Waals surface area contributed by atoms with Gasteiger partial charge in [0, 0.05) is 0 Å². The topological polar surface area (TPSA) is 0 Å². The zero-order valence-electron chi connectivity index (χ0n) is 11.2. The van der Waals surface area contributed by atoms with Crippen molar-refractivity contribution in [3.05, 3.63) is 23.3 Å². The molecule has 0 radical (unpaired) electrons. The Balaban J connectivity index is 0.00000121. The minimum Gasteiger partial charge on any atom is -0.170 e. The molecule has 0 spiro atoms. The predicted molar refractivity (Wildman–Crippen MR) is 66.9 cm³/mol. The minimum absolute atomic E-state index is 0.232. The van der Waals surface area contributed by atoms with Gasteiger partial charge in [-0.15, -0.1) is 0 Å². The van der Waals surface area contributed by atoms with Gasteiger partial charge in [-0.05, 0) is 38.2 Å². The Hall–Kier alpha value is -0.730. The van der Waals surface area contributed by atoms with Gasteiger partial charge in [-0.1, -0.05) is 38.5 Å². The second-order valence-electron chi connectivity index (χ2n) is 4.11. The van der Waals surface area contributed by atoms with Gasteiger partial charge in [0.1, 0.15) is 0 Å². The van der Waals surface area contributed by atoms with Crippen LogP contribution >= 0.6 is 0 Å². The molecule has 0 aliphatic heterocycles. The van der Waals surface area contributed by atoms with E-state index in [4.69, 9.17) is 0 Å². The van der Waals surface area contributed by atoms with Crippen molar-refractivity contribution < 1.29 is 13.2 Å². The van der Waals surface area contributed by atoms with E-state index < -0.39 is 12.1 Å². The molecule has 0 aromatic carbocycles. The minimum atomic E-state index is -4.09. The second-order valence-corrected chi connectivity index (χ2v) is 4.11. The van der Waals surface area contributed by atoms with Crippen LogP contribution in [0.15, 0.2) is 23.3 Å². The Bertz CT molecular complexity index is 284. The summed E-state index contributed by atoms with van der Waals surface area (Å²) >= 11 is 0. The Morgan fingerprint density at radius 1 is 1.35 bits per heavy atom. The largest absolute Gasteiger partial charge is 0.395 e. The summed E-state index contributed by atoms with van der Waals surface area (Å²) < 4.78 is 38.0. The molecule has 0 nitrogen and oxygen atoms in total. The normalized spacial score (nSPS) is 20.8. The highest BCUT2D eigenvalue weighted by molar-refractivity contribution is 5.35. The van der Waals surface area contributed by atoms with E-state index in [1.54, 1.807) is 6.92 Å². The lowest BCUT2D eigenvalue weighted by molar-refractivity contribution is -0.167. The van der Waals surface area contributed by atoms with E-state index in [1.165, 1.54) is 0 Å². The highest BCUT2D eigenvalue weighted by Crippen LogP contribution is 2.42. The molecule has 0 aromatic rings. The summed E-state index contributed by atoms with van der Waals surface area (Å²) in [4.78, 5) is 0. The number of alkyl halides is 3. The monoisotopic (exact) mass is 248 g/mol. The average Bonchev–Trinajstić information content (AvgIpc) is 2.29. The molecule has 1 aliphatic rings. The maximum atomic E-state index is 12.7. The van der Waals surface area contributed by atoms with Gasteiger partial charge in [-0.25, -0.2) is 0 Å². The van der Waals surface area contributed by atoms with Crippen molar-refractivity contribution in [1.82, 2.24) is 0 Å². The van der Waals surface area contributed by atoms with Gasteiger partial charge in [-0.2, -0.15) is 13.2 Å². The molecule has 0 saturated carbocycles. The van der Waals surface area contributed by atoms with E-state index in [1.807, 2.05) is 20.8 Å². The summed E-state index contributed by atoms with van der Waals surface area (Å²) in [7, 11) is 0. The first kappa shape index (κ1) is 16.3.